The summed E-state index contributed by atoms with van der Waals surface area (Å²) in [6.45, 7) is 8.77. The Kier molecular flexibility index (Phi) is 9.18. The van der Waals surface area contributed by atoms with Crippen LogP contribution in [-0.2, 0) is 16.1 Å². The summed E-state index contributed by atoms with van der Waals surface area (Å²) in [4.78, 5) is 27.6. The molecule has 0 unspecified atom stereocenters. The van der Waals surface area contributed by atoms with Crippen molar-refractivity contribution in [2.75, 3.05) is 13.2 Å². The molecule has 0 saturated heterocycles. The van der Waals surface area contributed by atoms with Crippen LogP contribution in [0.5, 0.6) is 5.75 Å². The summed E-state index contributed by atoms with van der Waals surface area (Å²) in [6.07, 6.45) is 0.516. The number of ether oxygens (including phenoxy) is 1. The molecule has 0 aliphatic carbocycles. The number of amides is 2. The Bertz CT molecular complexity index is 837. The maximum atomic E-state index is 13.1. The molecule has 0 aliphatic heterocycles. The lowest BCUT2D eigenvalue weighted by molar-refractivity contribution is -0.143. The fraction of sp³-hybridized carbons (Fsp3) is 0.417. The second kappa shape index (κ2) is 11.6. The van der Waals surface area contributed by atoms with E-state index in [1.165, 1.54) is 0 Å². The largest absolute Gasteiger partial charge is 0.484 e. The first kappa shape index (κ1) is 23.7. The van der Waals surface area contributed by atoms with Gasteiger partial charge < -0.3 is 15.0 Å². The molecule has 0 saturated carbocycles. The van der Waals surface area contributed by atoms with Gasteiger partial charge in [0.1, 0.15) is 11.8 Å². The summed E-state index contributed by atoms with van der Waals surface area (Å²) in [7, 11) is 0. The van der Waals surface area contributed by atoms with Crippen molar-refractivity contribution >= 4 is 23.4 Å². The zero-order chi connectivity index (χ0) is 22.1. The van der Waals surface area contributed by atoms with E-state index in [2.05, 4.69) is 5.32 Å². The standard InChI is InChI=1S/C24H31ClN2O3/c1-5-22(24(29)26-14-17(2)3)27(15-19-9-7-6-8-18(19)4)23(28)16-30-21-12-10-20(25)11-13-21/h6-13,17,22H,5,14-16H2,1-4H3,(H,26,29)/t22-/m0/s1. The van der Waals surface area contributed by atoms with Crippen molar-refractivity contribution in [1.82, 2.24) is 10.2 Å². The van der Waals surface area contributed by atoms with Gasteiger partial charge in [-0.05, 0) is 54.7 Å². The first-order valence-corrected chi connectivity index (χ1v) is 10.7. The van der Waals surface area contributed by atoms with Crippen LogP contribution in [-0.4, -0.2) is 35.9 Å². The molecule has 2 aromatic rings. The molecule has 0 fully saturated rings. The lowest BCUT2D eigenvalue weighted by Gasteiger charge is -2.31. The van der Waals surface area contributed by atoms with Crippen LogP contribution < -0.4 is 10.1 Å². The molecule has 2 rings (SSSR count). The van der Waals surface area contributed by atoms with Crippen molar-refractivity contribution in [2.24, 2.45) is 5.92 Å². The molecule has 0 spiro atoms. The number of hydrogen-bond donors (Lipinski definition) is 1. The van der Waals surface area contributed by atoms with Crippen LogP contribution in [0.25, 0.3) is 0 Å². The Morgan fingerprint density at radius 3 is 2.37 bits per heavy atom. The van der Waals surface area contributed by atoms with Gasteiger partial charge in [0.25, 0.3) is 5.91 Å². The second-order valence-electron chi connectivity index (χ2n) is 7.75. The van der Waals surface area contributed by atoms with Crippen molar-refractivity contribution < 1.29 is 14.3 Å². The van der Waals surface area contributed by atoms with E-state index in [4.69, 9.17) is 16.3 Å². The van der Waals surface area contributed by atoms with Gasteiger partial charge in [-0.3, -0.25) is 9.59 Å². The molecule has 6 heteroatoms. The number of nitrogens with one attached hydrogen (secondary N) is 1. The molecule has 30 heavy (non-hydrogen) atoms. The monoisotopic (exact) mass is 430 g/mol. The van der Waals surface area contributed by atoms with Crippen LogP contribution in [0.3, 0.4) is 0 Å². The van der Waals surface area contributed by atoms with Crippen molar-refractivity contribution in [1.29, 1.82) is 0 Å². The van der Waals surface area contributed by atoms with Crippen LogP contribution in [0.4, 0.5) is 0 Å². The minimum Gasteiger partial charge on any atom is -0.484 e. The Balaban J connectivity index is 2.19. The summed E-state index contributed by atoms with van der Waals surface area (Å²) in [5.74, 6) is 0.514. The van der Waals surface area contributed by atoms with Crippen LogP contribution in [0, 0.1) is 12.8 Å². The fourth-order valence-corrected chi connectivity index (χ4v) is 3.20. The van der Waals surface area contributed by atoms with E-state index < -0.39 is 6.04 Å². The number of nitrogens with zero attached hydrogens (tertiary/aromatic N) is 1. The van der Waals surface area contributed by atoms with E-state index >= 15 is 0 Å². The molecule has 0 bridgehead atoms. The summed E-state index contributed by atoms with van der Waals surface area (Å²) in [5.41, 5.74) is 2.08. The highest BCUT2D eigenvalue weighted by molar-refractivity contribution is 6.30. The maximum absolute atomic E-state index is 13.1. The average molecular weight is 431 g/mol. The number of rotatable bonds is 10. The number of aryl methyl sites for hydroxylation is 1. The zero-order valence-electron chi connectivity index (χ0n) is 18.2. The van der Waals surface area contributed by atoms with E-state index in [0.717, 1.165) is 11.1 Å². The predicted octanol–water partition coefficient (Wildman–Crippen LogP) is 4.61. The highest BCUT2D eigenvalue weighted by atomic mass is 35.5. The molecule has 0 aliphatic rings. The van der Waals surface area contributed by atoms with Crippen LogP contribution in [0.2, 0.25) is 5.02 Å². The average Bonchev–Trinajstić information content (AvgIpc) is 2.72. The van der Waals surface area contributed by atoms with Gasteiger partial charge in [-0.25, -0.2) is 0 Å². The minimum atomic E-state index is -0.565. The Labute approximate surface area is 184 Å². The van der Waals surface area contributed by atoms with E-state index in [1.54, 1.807) is 29.2 Å². The predicted molar refractivity (Wildman–Crippen MR) is 121 cm³/mol. The third-order valence-corrected chi connectivity index (χ3v) is 5.10. The van der Waals surface area contributed by atoms with Gasteiger partial charge in [-0.2, -0.15) is 0 Å². The summed E-state index contributed by atoms with van der Waals surface area (Å²) >= 11 is 5.90. The highest BCUT2D eigenvalue weighted by Gasteiger charge is 2.29. The van der Waals surface area contributed by atoms with Crippen molar-refractivity contribution in [3.05, 3.63) is 64.7 Å². The van der Waals surface area contributed by atoms with E-state index in [9.17, 15) is 9.59 Å². The zero-order valence-corrected chi connectivity index (χ0v) is 18.9. The second-order valence-corrected chi connectivity index (χ2v) is 8.19. The minimum absolute atomic E-state index is 0.139. The van der Waals surface area contributed by atoms with Gasteiger partial charge in [0.15, 0.2) is 6.61 Å². The number of hydrogen-bond acceptors (Lipinski definition) is 3. The topological polar surface area (TPSA) is 58.6 Å². The molecular weight excluding hydrogens is 400 g/mol. The number of carbonyl (C=O) groups is 2. The lowest BCUT2D eigenvalue weighted by Crippen LogP contribution is -2.50. The molecule has 0 radical (unpaired) electrons. The van der Waals surface area contributed by atoms with Gasteiger partial charge in [-0.15, -0.1) is 0 Å². The lowest BCUT2D eigenvalue weighted by atomic mass is 10.1. The van der Waals surface area contributed by atoms with Crippen molar-refractivity contribution in [2.45, 2.75) is 46.7 Å². The quantitative estimate of drug-likeness (QED) is 0.598. The van der Waals surface area contributed by atoms with Crippen molar-refractivity contribution in [3.8, 4) is 5.75 Å². The van der Waals surface area contributed by atoms with Crippen LogP contribution >= 0.6 is 11.6 Å². The molecule has 0 aromatic heterocycles. The Morgan fingerprint density at radius 2 is 1.77 bits per heavy atom. The molecule has 1 atom stereocenters. The van der Waals surface area contributed by atoms with Crippen molar-refractivity contribution in [3.63, 3.8) is 0 Å². The first-order chi connectivity index (χ1) is 14.3. The summed E-state index contributed by atoms with van der Waals surface area (Å²) in [6, 6.07) is 14.2. The van der Waals surface area contributed by atoms with Gasteiger partial charge in [-0.1, -0.05) is 56.6 Å². The Morgan fingerprint density at radius 1 is 1.10 bits per heavy atom. The maximum Gasteiger partial charge on any atom is 0.261 e. The molecule has 2 amide bonds. The fourth-order valence-electron chi connectivity index (χ4n) is 3.07. The normalized spacial score (nSPS) is 11.8. The smallest absolute Gasteiger partial charge is 0.261 e. The van der Waals surface area contributed by atoms with Crippen LogP contribution in [0.1, 0.15) is 38.3 Å². The van der Waals surface area contributed by atoms with Crippen LogP contribution in [0.15, 0.2) is 48.5 Å². The van der Waals surface area contributed by atoms with E-state index in [1.807, 2.05) is 52.0 Å². The molecule has 1 N–H and O–H groups in total. The van der Waals surface area contributed by atoms with E-state index in [-0.39, 0.29) is 18.4 Å². The van der Waals surface area contributed by atoms with Gasteiger partial charge in [0, 0.05) is 18.1 Å². The Hall–Kier alpha value is -2.53. The molecule has 162 valence electrons. The molecule has 0 heterocycles. The molecular formula is C24H31ClN2O3. The number of benzene rings is 2. The van der Waals surface area contributed by atoms with E-state index in [0.29, 0.717) is 36.2 Å². The SMILES string of the molecule is CC[C@@H](C(=O)NCC(C)C)N(Cc1ccccc1C)C(=O)COc1ccc(Cl)cc1. The summed E-state index contributed by atoms with van der Waals surface area (Å²) in [5, 5.41) is 3.56. The number of halogens is 1. The molecule has 5 nitrogen and oxygen atoms in total. The van der Waals surface area contributed by atoms with Gasteiger partial charge in [0.05, 0.1) is 0 Å². The van der Waals surface area contributed by atoms with Gasteiger partial charge in [0.2, 0.25) is 5.91 Å². The molecule has 2 aromatic carbocycles. The third kappa shape index (κ3) is 7.06. The number of carbonyl (C=O) groups excluding carboxylic acids is 2. The first-order valence-electron chi connectivity index (χ1n) is 10.3. The van der Waals surface area contributed by atoms with Gasteiger partial charge >= 0.3 is 0 Å². The highest BCUT2D eigenvalue weighted by Crippen LogP contribution is 2.18. The summed E-state index contributed by atoms with van der Waals surface area (Å²) < 4.78 is 5.66. The third-order valence-electron chi connectivity index (χ3n) is 4.85.